The molecule has 4 rings (SSSR count). The van der Waals surface area contributed by atoms with Gasteiger partial charge in [-0.3, -0.25) is 4.79 Å². The molecule has 144 valence electrons. The van der Waals surface area contributed by atoms with Gasteiger partial charge in [0.05, 0.1) is 10.6 Å². The van der Waals surface area contributed by atoms with Crippen LogP contribution in [0.4, 0.5) is 5.69 Å². The van der Waals surface area contributed by atoms with E-state index in [1.165, 1.54) is 11.8 Å². The highest BCUT2D eigenvalue weighted by Crippen LogP contribution is 2.30. The zero-order valence-corrected chi connectivity index (χ0v) is 18.3. The molecule has 1 N–H and O–H groups in total. The molecule has 0 spiro atoms. The summed E-state index contributed by atoms with van der Waals surface area (Å²) in [5.41, 5.74) is 2.86. The fourth-order valence-electron chi connectivity index (χ4n) is 2.72. The minimum atomic E-state index is -0.143. The number of para-hydroxylation sites is 1. The zero-order chi connectivity index (χ0) is 20.1. The van der Waals surface area contributed by atoms with Crippen molar-refractivity contribution < 1.29 is 9.53 Å². The molecule has 0 radical (unpaired) electrons. The lowest BCUT2D eigenvalue weighted by molar-refractivity contribution is -0.115. The molecule has 29 heavy (non-hydrogen) atoms. The third-order valence-corrected chi connectivity index (χ3v) is 5.95. The van der Waals surface area contributed by atoms with Crippen molar-refractivity contribution in [1.29, 1.82) is 0 Å². The number of benzene rings is 3. The molecular formula is C23H17IN2O2S. The lowest BCUT2D eigenvalue weighted by Gasteiger charge is -2.07. The van der Waals surface area contributed by atoms with Crippen molar-refractivity contribution in [2.24, 2.45) is 4.99 Å². The molecular weight excluding hydrogens is 495 g/mol. The second-order valence-electron chi connectivity index (χ2n) is 6.28. The number of hydrogen-bond acceptors (Lipinski definition) is 4. The molecule has 0 bridgehead atoms. The number of nitrogens with one attached hydrogen (secondary N) is 1. The van der Waals surface area contributed by atoms with Crippen LogP contribution in [0.3, 0.4) is 0 Å². The molecule has 1 saturated heterocycles. The van der Waals surface area contributed by atoms with Crippen LogP contribution < -0.4 is 10.1 Å². The Labute approximate surface area is 187 Å². The van der Waals surface area contributed by atoms with Crippen LogP contribution in [0.5, 0.6) is 5.75 Å². The van der Waals surface area contributed by atoms with Gasteiger partial charge in [-0.1, -0.05) is 54.6 Å². The molecule has 1 fully saturated rings. The van der Waals surface area contributed by atoms with E-state index in [0.717, 1.165) is 26.1 Å². The van der Waals surface area contributed by atoms with Gasteiger partial charge in [0.2, 0.25) is 0 Å². The molecule has 1 aliphatic rings. The highest BCUT2D eigenvalue weighted by atomic mass is 127. The maximum absolute atomic E-state index is 12.3. The molecule has 3 aromatic rings. The number of carbonyl (C=O) groups excluding carboxylic acids is 1. The molecule has 3 aromatic carbocycles. The molecule has 1 aliphatic heterocycles. The fourth-order valence-corrected chi connectivity index (χ4v) is 4.06. The summed E-state index contributed by atoms with van der Waals surface area (Å²) in [7, 11) is 0. The molecule has 4 nitrogen and oxygen atoms in total. The Kier molecular flexibility index (Phi) is 6.31. The van der Waals surface area contributed by atoms with Gasteiger partial charge in [0.25, 0.3) is 5.91 Å². The number of ether oxygens (including phenoxy) is 1. The van der Waals surface area contributed by atoms with Crippen LogP contribution in [0.2, 0.25) is 0 Å². The number of amides is 1. The van der Waals surface area contributed by atoms with Gasteiger partial charge in [-0.05, 0) is 75.8 Å². The van der Waals surface area contributed by atoms with Gasteiger partial charge < -0.3 is 10.1 Å². The molecule has 0 unspecified atom stereocenters. The summed E-state index contributed by atoms with van der Waals surface area (Å²) in [6.07, 6.45) is 1.86. The van der Waals surface area contributed by atoms with Crippen LogP contribution in [0.25, 0.3) is 6.08 Å². The fraction of sp³-hybridized carbons (Fsp3) is 0.0435. The molecule has 0 saturated carbocycles. The Bertz CT molecular complexity index is 1100. The van der Waals surface area contributed by atoms with Crippen molar-refractivity contribution in [2.75, 3.05) is 0 Å². The van der Waals surface area contributed by atoms with Crippen molar-refractivity contribution in [3.05, 3.63) is 98.5 Å². The molecule has 0 aromatic heterocycles. The summed E-state index contributed by atoms with van der Waals surface area (Å²) in [6, 6.07) is 25.5. The highest BCUT2D eigenvalue weighted by molar-refractivity contribution is 14.1. The van der Waals surface area contributed by atoms with Crippen molar-refractivity contribution >= 4 is 57.2 Å². The first-order valence-corrected chi connectivity index (χ1v) is 10.9. The number of thioether (sulfide) groups is 1. The van der Waals surface area contributed by atoms with Crippen molar-refractivity contribution in [3.8, 4) is 5.75 Å². The van der Waals surface area contributed by atoms with Crippen molar-refractivity contribution in [2.45, 2.75) is 6.61 Å². The topological polar surface area (TPSA) is 50.7 Å². The van der Waals surface area contributed by atoms with Gasteiger partial charge in [0, 0.05) is 3.57 Å². The summed E-state index contributed by atoms with van der Waals surface area (Å²) < 4.78 is 6.91. The van der Waals surface area contributed by atoms with Gasteiger partial charge in [-0.25, -0.2) is 4.99 Å². The van der Waals surface area contributed by atoms with Gasteiger partial charge in [0.15, 0.2) is 5.17 Å². The number of rotatable bonds is 5. The third kappa shape index (κ3) is 5.27. The minimum absolute atomic E-state index is 0.143. The summed E-state index contributed by atoms with van der Waals surface area (Å²) in [5.74, 6) is 0.620. The zero-order valence-electron chi connectivity index (χ0n) is 15.3. The van der Waals surface area contributed by atoms with Gasteiger partial charge >= 0.3 is 0 Å². The average Bonchev–Trinajstić information content (AvgIpc) is 3.08. The first-order valence-electron chi connectivity index (χ1n) is 8.98. The summed E-state index contributed by atoms with van der Waals surface area (Å²) in [4.78, 5) is 17.5. The van der Waals surface area contributed by atoms with Gasteiger partial charge in [-0.15, -0.1) is 0 Å². The van der Waals surface area contributed by atoms with Crippen LogP contribution in [-0.4, -0.2) is 11.1 Å². The van der Waals surface area contributed by atoms with E-state index in [2.05, 4.69) is 32.9 Å². The smallest absolute Gasteiger partial charge is 0.264 e. The molecule has 0 aliphatic carbocycles. The van der Waals surface area contributed by atoms with Crippen molar-refractivity contribution in [3.63, 3.8) is 0 Å². The second kappa shape index (κ2) is 9.28. The third-order valence-electron chi connectivity index (χ3n) is 4.13. The van der Waals surface area contributed by atoms with Crippen LogP contribution in [-0.2, 0) is 11.4 Å². The predicted molar refractivity (Wildman–Crippen MR) is 127 cm³/mol. The van der Waals surface area contributed by atoms with Gasteiger partial charge in [-0.2, -0.15) is 0 Å². The monoisotopic (exact) mass is 512 g/mol. The normalized spacial score (nSPS) is 16.2. The van der Waals surface area contributed by atoms with E-state index < -0.39 is 0 Å². The van der Waals surface area contributed by atoms with E-state index in [1.807, 2.05) is 84.9 Å². The molecule has 6 heteroatoms. The first kappa shape index (κ1) is 19.7. The average molecular weight is 512 g/mol. The molecule has 0 atom stereocenters. The Morgan fingerprint density at radius 3 is 2.62 bits per heavy atom. The van der Waals surface area contributed by atoms with E-state index in [4.69, 9.17) is 4.74 Å². The van der Waals surface area contributed by atoms with E-state index in [9.17, 15) is 4.79 Å². The van der Waals surface area contributed by atoms with E-state index in [0.29, 0.717) is 16.7 Å². The van der Waals surface area contributed by atoms with E-state index in [-0.39, 0.29) is 5.91 Å². The second-order valence-corrected chi connectivity index (χ2v) is 8.47. The highest BCUT2D eigenvalue weighted by Gasteiger charge is 2.24. The number of carbonyl (C=O) groups is 1. The molecule has 1 heterocycles. The Morgan fingerprint density at radius 2 is 1.79 bits per heavy atom. The van der Waals surface area contributed by atoms with E-state index >= 15 is 0 Å². The number of halogens is 1. The number of nitrogens with zero attached hydrogens (tertiary/aromatic N) is 1. The summed E-state index contributed by atoms with van der Waals surface area (Å²) >= 11 is 3.57. The van der Waals surface area contributed by atoms with Crippen LogP contribution in [0, 0.1) is 3.57 Å². The number of hydrogen-bond donors (Lipinski definition) is 1. The minimum Gasteiger partial charge on any atom is -0.489 e. The number of amidine groups is 1. The van der Waals surface area contributed by atoms with Crippen LogP contribution in [0.15, 0.2) is 88.8 Å². The summed E-state index contributed by atoms with van der Waals surface area (Å²) in [6.45, 7) is 0.503. The Hall–Kier alpha value is -2.58. The van der Waals surface area contributed by atoms with E-state index in [1.54, 1.807) is 0 Å². The molecule has 1 amide bonds. The maximum Gasteiger partial charge on any atom is 0.264 e. The lowest BCUT2D eigenvalue weighted by atomic mass is 10.2. The maximum atomic E-state index is 12.3. The van der Waals surface area contributed by atoms with Gasteiger partial charge in [0.1, 0.15) is 12.4 Å². The van der Waals surface area contributed by atoms with Crippen LogP contribution >= 0.6 is 34.4 Å². The standard InChI is InChI=1S/C23H17IN2O2S/c24-19-11-4-5-12-20(19)25-23-26-22(27)21(29-23)14-17-9-6-10-18(13-17)28-15-16-7-2-1-3-8-16/h1-14H,15H2,(H,25,26,27)/b21-14+. The Balaban J connectivity index is 1.48. The summed E-state index contributed by atoms with van der Waals surface area (Å²) in [5, 5.41) is 3.42. The Morgan fingerprint density at radius 1 is 1.00 bits per heavy atom. The lowest BCUT2D eigenvalue weighted by Crippen LogP contribution is -2.19. The largest absolute Gasteiger partial charge is 0.489 e. The first-order chi connectivity index (χ1) is 14.2. The quantitative estimate of drug-likeness (QED) is 0.349. The SMILES string of the molecule is O=C1NC(=Nc2ccccc2I)S/C1=C/c1cccc(OCc2ccccc2)c1. The predicted octanol–water partition coefficient (Wildman–Crippen LogP) is 5.76. The number of aliphatic imine (C=N–C) groups is 1. The van der Waals surface area contributed by atoms with Crippen molar-refractivity contribution in [1.82, 2.24) is 5.32 Å². The van der Waals surface area contributed by atoms with Crippen LogP contribution in [0.1, 0.15) is 11.1 Å².